The first kappa shape index (κ1) is 12.6. The van der Waals surface area contributed by atoms with Gasteiger partial charge in [-0.25, -0.2) is 9.67 Å². The lowest BCUT2D eigenvalue weighted by Gasteiger charge is -1.94. The maximum absolute atomic E-state index is 8.84. The van der Waals surface area contributed by atoms with E-state index in [2.05, 4.69) is 15.3 Å². The van der Waals surface area contributed by atoms with Crippen molar-refractivity contribution in [3.8, 4) is 11.5 Å². The van der Waals surface area contributed by atoms with Crippen molar-refractivity contribution in [1.82, 2.24) is 20.0 Å². The molecule has 0 aliphatic carbocycles. The van der Waals surface area contributed by atoms with Gasteiger partial charge in [0.1, 0.15) is 12.0 Å². The number of nitrogens with zero attached hydrogens (tertiary/aromatic N) is 4. The summed E-state index contributed by atoms with van der Waals surface area (Å²) < 4.78 is 7.14. The van der Waals surface area contributed by atoms with E-state index >= 15 is 0 Å². The number of aliphatic hydroxyl groups is 1. The predicted molar refractivity (Wildman–Crippen MR) is 71.9 cm³/mol. The Morgan fingerprint density at radius 1 is 1.15 bits per heavy atom. The van der Waals surface area contributed by atoms with E-state index in [4.69, 9.17) is 9.52 Å². The van der Waals surface area contributed by atoms with Crippen LogP contribution in [0.4, 0.5) is 0 Å². The van der Waals surface area contributed by atoms with Gasteiger partial charge in [0.25, 0.3) is 0 Å². The molecule has 3 rings (SSSR count). The minimum atomic E-state index is 0.0702. The van der Waals surface area contributed by atoms with Crippen LogP contribution in [0.25, 0.3) is 11.5 Å². The Morgan fingerprint density at radius 2 is 2.00 bits per heavy atom. The predicted octanol–water partition coefficient (Wildman–Crippen LogP) is 1.52. The molecule has 20 heavy (non-hydrogen) atoms. The Labute approximate surface area is 115 Å². The standard InChI is InChI=1S/C14H14N4O2/c19-7-6-12-8-18(17-16-12)9-13-10-20-14(15-13)11-4-2-1-3-5-11/h1-5,8,10,19H,6-7,9H2. The zero-order valence-electron chi connectivity index (χ0n) is 10.8. The van der Waals surface area contributed by atoms with Crippen LogP contribution in [0.3, 0.4) is 0 Å². The maximum Gasteiger partial charge on any atom is 0.226 e. The summed E-state index contributed by atoms with van der Waals surface area (Å²) in [6.45, 7) is 0.565. The zero-order valence-corrected chi connectivity index (χ0v) is 10.8. The average Bonchev–Trinajstić information content (AvgIpc) is 3.11. The Hall–Kier alpha value is -2.47. The van der Waals surface area contributed by atoms with Crippen LogP contribution in [-0.2, 0) is 13.0 Å². The Morgan fingerprint density at radius 3 is 2.80 bits per heavy atom. The highest BCUT2D eigenvalue weighted by Gasteiger charge is 2.08. The van der Waals surface area contributed by atoms with E-state index in [0.29, 0.717) is 18.9 Å². The third kappa shape index (κ3) is 2.75. The first-order valence-corrected chi connectivity index (χ1v) is 6.35. The van der Waals surface area contributed by atoms with E-state index in [0.717, 1.165) is 17.0 Å². The van der Waals surface area contributed by atoms with Gasteiger partial charge in [0.2, 0.25) is 5.89 Å². The topological polar surface area (TPSA) is 77.0 Å². The molecule has 6 nitrogen and oxygen atoms in total. The molecule has 1 aromatic carbocycles. The van der Waals surface area contributed by atoms with Crippen molar-refractivity contribution in [1.29, 1.82) is 0 Å². The first-order chi connectivity index (χ1) is 9.85. The average molecular weight is 270 g/mol. The summed E-state index contributed by atoms with van der Waals surface area (Å²) in [7, 11) is 0. The molecule has 2 aromatic heterocycles. The number of rotatable bonds is 5. The Balaban J connectivity index is 1.73. The molecule has 0 amide bonds. The van der Waals surface area contributed by atoms with Gasteiger partial charge < -0.3 is 9.52 Å². The molecule has 0 fully saturated rings. The highest BCUT2D eigenvalue weighted by atomic mass is 16.3. The molecule has 0 atom stereocenters. The zero-order chi connectivity index (χ0) is 13.8. The third-order valence-electron chi connectivity index (χ3n) is 2.85. The van der Waals surface area contributed by atoms with Crippen molar-refractivity contribution in [2.45, 2.75) is 13.0 Å². The van der Waals surface area contributed by atoms with Gasteiger partial charge in [-0.1, -0.05) is 23.4 Å². The second-order valence-corrected chi connectivity index (χ2v) is 4.39. The highest BCUT2D eigenvalue weighted by molar-refractivity contribution is 5.52. The molecule has 0 aliphatic rings. The summed E-state index contributed by atoms with van der Waals surface area (Å²) in [6, 6.07) is 9.73. The summed E-state index contributed by atoms with van der Waals surface area (Å²) in [5, 5.41) is 16.8. The fourth-order valence-corrected chi connectivity index (χ4v) is 1.90. The number of aliphatic hydroxyl groups excluding tert-OH is 1. The number of hydrogen-bond donors (Lipinski definition) is 1. The van der Waals surface area contributed by atoms with Crippen LogP contribution in [-0.4, -0.2) is 31.7 Å². The van der Waals surface area contributed by atoms with Gasteiger partial charge in [0.05, 0.1) is 12.2 Å². The van der Waals surface area contributed by atoms with Crippen LogP contribution in [0.15, 0.2) is 47.2 Å². The lowest BCUT2D eigenvalue weighted by molar-refractivity contribution is 0.298. The van der Waals surface area contributed by atoms with Gasteiger partial charge >= 0.3 is 0 Å². The first-order valence-electron chi connectivity index (χ1n) is 6.35. The molecule has 0 aliphatic heterocycles. The van der Waals surface area contributed by atoms with Crippen molar-refractivity contribution in [2.75, 3.05) is 6.61 Å². The SMILES string of the molecule is OCCc1cn(Cc2coc(-c3ccccc3)n2)nn1. The van der Waals surface area contributed by atoms with Gasteiger partial charge in [-0.2, -0.15) is 0 Å². The molecule has 0 spiro atoms. The number of oxazole rings is 1. The van der Waals surface area contributed by atoms with E-state index in [1.165, 1.54) is 0 Å². The summed E-state index contributed by atoms with van der Waals surface area (Å²) in [6.07, 6.45) is 3.93. The molecule has 6 heteroatoms. The highest BCUT2D eigenvalue weighted by Crippen LogP contribution is 2.18. The van der Waals surface area contributed by atoms with E-state index in [1.807, 2.05) is 30.3 Å². The quantitative estimate of drug-likeness (QED) is 0.760. The number of benzene rings is 1. The Bertz CT molecular complexity index is 675. The van der Waals surface area contributed by atoms with E-state index in [1.54, 1.807) is 17.1 Å². The van der Waals surface area contributed by atoms with Crippen LogP contribution in [0.2, 0.25) is 0 Å². The van der Waals surface area contributed by atoms with Crippen LogP contribution in [0.5, 0.6) is 0 Å². The minimum absolute atomic E-state index is 0.0702. The fourth-order valence-electron chi connectivity index (χ4n) is 1.90. The second-order valence-electron chi connectivity index (χ2n) is 4.39. The number of aromatic nitrogens is 4. The van der Waals surface area contributed by atoms with Crippen molar-refractivity contribution < 1.29 is 9.52 Å². The molecule has 0 saturated carbocycles. The van der Waals surface area contributed by atoms with Crippen LogP contribution < -0.4 is 0 Å². The largest absolute Gasteiger partial charge is 0.444 e. The van der Waals surface area contributed by atoms with Gasteiger partial charge in [-0.05, 0) is 12.1 Å². The molecule has 0 unspecified atom stereocenters. The monoisotopic (exact) mass is 270 g/mol. The van der Waals surface area contributed by atoms with Crippen LogP contribution in [0, 0.1) is 0 Å². The van der Waals surface area contributed by atoms with Gasteiger partial charge in [0.15, 0.2) is 0 Å². The van der Waals surface area contributed by atoms with Crippen LogP contribution >= 0.6 is 0 Å². The summed E-state index contributed by atoms with van der Waals surface area (Å²) in [5.74, 6) is 0.594. The van der Waals surface area contributed by atoms with Gasteiger partial charge in [0, 0.05) is 24.8 Å². The van der Waals surface area contributed by atoms with Crippen LogP contribution in [0.1, 0.15) is 11.4 Å². The van der Waals surface area contributed by atoms with E-state index in [9.17, 15) is 0 Å². The molecular formula is C14H14N4O2. The normalized spacial score (nSPS) is 10.8. The van der Waals surface area contributed by atoms with E-state index in [-0.39, 0.29) is 6.61 Å². The van der Waals surface area contributed by atoms with Crippen molar-refractivity contribution in [3.05, 3.63) is 54.2 Å². The second kappa shape index (κ2) is 5.66. The lowest BCUT2D eigenvalue weighted by atomic mass is 10.2. The fraction of sp³-hybridized carbons (Fsp3) is 0.214. The molecule has 0 saturated heterocycles. The molecule has 102 valence electrons. The van der Waals surface area contributed by atoms with E-state index < -0.39 is 0 Å². The van der Waals surface area contributed by atoms with Crippen molar-refractivity contribution in [3.63, 3.8) is 0 Å². The third-order valence-corrected chi connectivity index (χ3v) is 2.85. The molecule has 0 bridgehead atoms. The van der Waals surface area contributed by atoms with Gasteiger partial charge in [-0.15, -0.1) is 5.10 Å². The molecular weight excluding hydrogens is 256 g/mol. The maximum atomic E-state index is 8.84. The van der Waals surface area contributed by atoms with Gasteiger partial charge in [-0.3, -0.25) is 0 Å². The summed E-state index contributed by atoms with van der Waals surface area (Å²) in [5.41, 5.74) is 2.49. The minimum Gasteiger partial charge on any atom is -0.444 e. The molecule has 0 radical (unpaired) electrons. The summed E-state index contributed by atoms with van der Waals surface area (Å²) >= 11 is 0. The van der Waals surface area contributed by atoms with Crippen molar-refractivity contribution in [2.24, 2.45) is 0 Å². The van der Waals surface area contributed by atoms with Crippen molar-refractivity contribution >= 4 is 0 Å². The number of hydrogen-bond acceptors (Lipinski definition) is 5. The Kier molecular flexibility index (Phi) is 3.56. The molecule has 1 N–H and O–H groups in total. The smallest absolute Gasteiger partial charge is 0.226 e. The molecule has 2 heterocycles. The molecule has 3 aromatic rings. The summed E-state index contributed by atoms with van der Waals surface area (Å²) in [4.78, 5) is 4.43. The lowest BCUT2D eigenvalue weighted by Crippen LogP contribution is -2.00.